The highest BCUT2D eigenvalue weighted by Crippen LogP contribution is 2.23. The Labute approximate surface area is 118 Å². The van der Waals surface area contributed by atoms with Crippen LogP contribution in [0.15, 0.2) is 18.2 Å². The summed E-state index contributed by atoms with van der Waals surface area (Å²) < 4.78 is 11.6. The minimum atomic E-state index is -0.399. The lowest BCUT2D eigenvalue weighted by Crippen LogP contribution is -2.34. The van der Waals surface area contributed by atoms with E-state index in [9.17, 15) is 10.1 Å². The van der Waals surface area contributed by atoms with Gasteiger partial charge in [-0.3, -0.25) is 10.1 Å². The standard InChI is InChI=1S/C11H13IN2O4/c12-10-5-8(14(15)16)1-2-11(10)13-6-9-7-17-3-4-18-9/h1-2,5,9,13H,3-4,6-7H2. The minimum Gasteiger partial charge on any atom is -0.381 e. The second kappa shape index (κ2) is 6.30. The van der Waals surface area contributed by atoms with Crippen molar-refractivity contribution >= 4 is 34.0 Å². The molecule has 1 aliphatic rings. The summed E-state index contributed by atoms with van der Waals surface area (Å²) in [5.41, 5.74) is 0.970. The molecule has 0 aliphatic carbocycles. The van der Waals surface area contributed by atoms with Gasteiger partial charge < -0.3 is 14.8 Å². The number of hydrogen-bond acceptors (Lipinski definition) is 5. The lowest BCUT2D eigenvalue weighted by atomic mass is 10.2. The second-order valence-corrected chi connectivity index (χ2v) is 5.03. The number of nitrogens with one attached hydrogen (secondary N) is 1. The van der Waals surface area contributed by atoms with Gasteiger partial charge in [0.1, 0.15) is 0 Å². The smallest absolute Gasteiger partial charge is 0.270 e. The van der Waals surface area contributed by atoms with Crippen LogP contribution in [0.3, 0.4) is 0 Å². The molecule has 1 fully saturated rings. The Bertz CT molecular complexity index is 435. The number of hydrogen-bond donors (Lipinski definition) is 1. The number of nitro benzene ring substituents is 1. The van der Waals surface area contributed by atoms with Crippen LogP contribution in [-0.4, -0.2) is 37.4 Å². The maximum Gasteiger partial charge on any atom is 0.270 e. The quantitative estimate of drug-likeness (QED) is 0.503. The van der Waals surface area contributed by atoms with Crippen LogP contribution in [0.5, 0.6) is 0 Å². The third-order valence-corrected chi connectivity index (χ3v) is 3.46. The SMILES string of the molecule is O=[N+]([O-])c1ccc(NCC2COCCO2)c(I)c1. The van der Waals surface area contributed by atoms with E-state index in [1.165, 1.54) is 6.07 Å². The highest BCUT2D eigenvalue weighted by molar-refractivity contribution is 14.1. The zero-order chi connectivity index (χ0) is 13.0. The molecule has 1 saturated heterocycles. The molecule has 98 valence electrons. The largest absolute Gasteiger partial charge is 0.381 e. The van der Waals surface area contributed by atoms with Crippen LogP contribution >= 0.6 is 22.6 Å². The summed E-state index contributed by atoms with van der Waals surface area (Å²) in [6.07, 6.45) is 0.0322. The minimum absolute atomic E-state index is 0.0322. The predicted octanol–water partition coefficient (Wildman–Crippen LogP) is 2.03. The summed E-state index contributed by atoms with van der Waals surface area (Å²) in [6, 6.07) is 4.74. The third-order valence-electron chi connectivity index (χ3n) is 2.57. The Morgan fingerprint density at radius 2 is 2.33 bits per heavy atom. The van der Waals surface area contributed by atoms with Gasteiger partial charge in [-0.05, 0) is 28.7 Å². The molecule has 1 aromatic rings. The fourth-order valence-electron chi connectivity index (χ4n) is 1.64. The zero-order valence-corrected chi connectivity index (χ0v) is 11.8. The molecule has 0 amide bonds. The van der Waals surface area contributed by atoms with Gasteiger partial charge in [0, 0.05) is 27.9 Å². The molecule has 18 heavy (non-hydrogen) atoms. The van der Waals surface area contributed by atoms with E-state index in [0.29, 0.717) is 26.4 Å². The predicted molar refractivity (Wildman–Crippen MR) is 74.9 cm³/mol. The van der Waals surface area contributed by atoms with Crippen molar-refractivity contribution in [2.45, 2.75) is 6.10 Å². The Kier molecular flexibility index (Phi) is 4.72. The first kappa shape index (κ1) is 13.5. The number of ether oxygens (including phenoxy) is 2. The average molecular weight is 364 g/mol. The lowest BCUT2D eigenvalue weighted by Gasteiger charge is -2.23. The monoisotopic (exact) mass is 364 g/mol. The number of nitrogens with zero attached hydrogens (tertiary/aromatic N) is 1. The van der Waals surface area contributed by atoms with Crippen molar-refractivity contribution in [1.82, 2.24) is 0 Å². The van der Waals surface area contributed by atoms with Crippen molar-refractivity contribution in [1.29, 1.82) is 0 Å². The maximum atomic E-state index is 10.6. The number of benzene rings is 1. The maximum absolute atomic E-state index is 10.6. The number of anilines is 1. The van der Waals surface area contributed by atoms with Crippen LogP contribution in [-0.2, 0) is 9.47 Å². The van der Waals surface area contributed by atoms with E-state index in [0.717, 1.165) is 9.26 Å². The summed E-state index contributed by atoms with van der Waals surface area (Å²) in [4.78, 5) is 10.2. The summed E-state index contributed by atoms with van der Waals surface area (Å²) in [5, 5.41) is 13.8. The number of halogens is 1. The molecule has 6 nitrogen and oxygen atoms in total. The number of non-ortho nitro benzene ring substituents is 1. The number of nitro groups is 1. The van der Waals surface area contributed by atoms with Gasteiger partial charge in [-0.1, -0.05) is 0 Å². The van der Waals surface area contributed by atoms with E-state index in [4.69, 9.17) is 9.47 Å². The van der Waals surface area contributed by atoms with Crippen molar-refractivity contribution in [3.8, 4) is 0 Å². The normalized spacial score (nSPS) is 19.5. The zero-order valence-electron chi connectivity index (χ0n) is 9.60. The van der Waals surface area contributed by atoms with Gasteiger partial charge in [0.25, 0.3) is 5.69 Å². The van der Waals surface area contributed by atoms with Crippen molar-refractivity contribution in [2.75, 3.05) is 31.7 Å². The van der Waals surface area contributed by atoms with Crippen molar-refractivity contribution in [3.05, 3.63) is 31.9 Å². The van der Waals surface area contributed by atoms with Gasteiger partial charge in [0.05, 0.1) is 30.8 Å². The Morgan fingerprint density at radius 1 is 1.50 bits per heavy atom. The molecule has 0 bridgehead atoms. The van der Waals surface area contributed by atoms with Gasteiger partial charge >= 0.3 is 0 Å². The molecule has 0 saturated carbocycles. The molecule has 1 aliphatic heterocycles. The van der Waals surface area contributed by atoms with Crippen molar-refractivity contribution < 1.29 is 14.4 Å². The van der Waals surface area contributed by atoms with E-state index >= 15 is 0 Å². The Hall–Kier alpha value is -0.930. The second-order valence-electron chi connectivity index (χ2n) is 3.87. The van der Waals surface area contributed by atoms with E-state index in [-0.39, 0.29) is 11.8 Å². The molecule has 1 unspecified atom stereocenters. The van der Waals surface area contributed by atoms with E-state index in [1.807, 2.05) is 0 Å². The van der Waals surface area contributed by atoms with Crippen LogP contribution < -0.4 is 5.32 Å². The molecule has 0 spiro atoms. The molecule has 7 heteroatoms. The van der Waals surface area contributed by atoms with E-state index in [1.54, 1.807) is 12.1 Å². The molecule has 1 atom stereocenters. The molecule has 0 aromatic heterocycles. The van der Waals surface area contributed by atoms with Gasteiger partial charge in [0.2, 0.25) is 0 Å². The highest BCUT2D eigenvalue weighted by atomic mass is 127. The van der Waals surface area contributed by atoms with Gasteiger partial charge in [-0.2, -0.15) is 0 Å². The Balaban J connectivity index is 1.94. The molecule has 2 rings (SSSR count). The summed E-state index contributed by atoms with van der Waals surface area (Å²) in [5.74, 6) is 0. The topological polar surface area (TPSA) is 73.6 Å². The highest BCUT2D eigenvalue weighted by Gasteiger charge is 2.15. The van der Waals surface area contributed by atoms with Gasteiger partial charge in [-0.15, -0.1) is 0 Å². The molecule has 1 N–H and O–H groups in total. The summed E-state index contributed by atoms with van der Waals surface area (Å²) in [7, 11) is 0. The van der Waals surface area contributed by atoms with Crippen LogP contribution in [0.1, 0.15) is 0 Å². The first-order valence-corrected chi connectivity index (χ1v) is 6.62. The van der Waals surface area contributed by atoms with Crippen molar-refractivity contribution in [3.63, 3.8) is 0 Å². The molecule has 0 radical (unpaired) electrons. The molecular weight excluding hydrogens is 351 g/mol. The number of rotatable bonds is 4. The average Bonchev–Trinajstić information content (AvgIpc) is 2.38. The first-order valence-electron chi connectivity index (χ1n) is 5.54. The fraction of sp³-hybridized carbons (Fsp3) is 0.455. The Morgan fingerprint density at radius 3 is 2.94 bits per heavy atom. The molecular formula is C11H13IN2O4. The van der Waals surface area contributed by atoms with Gasteiger partial charge in [0.15, 0.2) is 0 Å². The van der Waals surface area contributed by atoms with E-state index < -0.39 is 4.92 Å². The fourth-order valence-corrected chi connectivity index (χ4v) is 2.33. The van der Waals surface area contributed by atoms with Gasteiger partial charge in [-0.25, -0.2) is 0 Å². The molecule has 1 heterocycles. The first-order chi connectivity index (χ1) is 8.66. The summed E-state index contributed by atoms with van der Waals surface area (Å²) in [6.45, 7) is 2.47. The van der Waals surface area contributed by atoms with Crippen LogP contribution in [0.25, 0.3) is 0 Å². The van der Waals surface area contributed by atoms with Crippen LogP contribution in [0.2, 0.25) is 0 Å². The van der Waals surface area contributed by atoms with Crippen LogP contribution in [0, 0.1) is 13.7 Å². The summed E-state index contributed by atoms with van der Waals surface area (Å²) >= 11 is 2.07. The third kappa shape index (κ3) is 3.53. The molecule has 1 aromatic carbocycles. The van der Waals surface area contributed by atoms with E-state index in [2.05, 4.69) is 27.9 Å². The van der Waals surface area contributed by atoms with Crippen molar-refractivity contribution in [2.24, 2.45) is 0 Å². The van der Waals surface area contributed by atoms with Crippen LogP contribution in [0.4, 0.5) is 11.4 Å². The lowest BCUT2D eigenvalue weighted by molar-refractivity contribution is -0.384.